The third-order valence-electron chi connectivity index (χ3n) is 3.19. The number of rotatable bonds is 4. The zero-order chi connectivity index (χ0) is 15.5. The molecule has 0 radical (unpaired) electrons. The van der Waals surface area contributed by atoms with Gasteiger partial charge in [-0.1, -0.05) is 29.8 Å². The lowest BCUT2D eigenvalue weighted by molar-refractivity contribution is -0.137. The van der Waals surface area contributed by atoms with E-state index in [9.17, 15) is 13.2 Å². The van der Waals surface area contributed by atoms with E-state index in [-0.39, 0.29) is 6.04 Å². The summed E-state index contributed by atoms with van der Waals surface area (Å²) in [5.41, 5.74) is 4.47. The van der Waals surface area contributed by atoms with Crippen LogP contribution < -0.4 is 11.3 Å². The Kier molecular flexibility index (Phi) is 4.59. The lowest BCUT2D eigenvalue weighted by Gasteiger charge is -2.16. The molecule has 1 aromatic carbocycles. The number of nitrogens with one attached hydrogen (secondary N) is 1. The maximum absolute atomic E-state index is 12.5. The van der Waals surface area contributed by atoms with Gasteiger partial charge in [-0.3, -0.25) is 16.3 Å². The normalized spacial score (nSPS) is 13.2. The first kappa shape index (κ1) is 15.5. The summed E-state index contributed by atoms with van der Waals surface area (Å²) in [6.07, 6.45) is -3.00. The van der Waals surface area contributed by atoms with Crippen LogP contribution in [0.5, 0.6) is 0 Å². The Morgan fingerprint density at radius 2 is 2.00 bits per heavy atom. The number of aromatic nitrogens is 1. The number of alkyl halides is 3. The molecule has 3 N–H and O–H groups in total. The van der Waals surface area contributed by atoms with Crippen molar-refractivity contribution >= 4 is 0 Å². The first-order valence-corrected chi connectivity index (χ1v) is 6.45. The van der Waals surface area contributed by atoms with E-state index in [1.54, 1.807) is 0 Å². The number of benzene rings is 1. The molecule has 0 aliphatic carbocycles. The van der Waals surface area contributed by atoms with E-state index in [1.165, 1.54) is 6.07 Å². The summed E-state index contributed by atoms with van der Waals surface area (Å²) in [7, 11) is 0. The second-order valence-corrected chi connectivity index (χ2v) is 4.88. The fourth-order valence-electron chi connectivity index (χ4n) is 2.10. The van der Waals surface area contributed by atoms with E-state index in [4.69, 9.17) is 5.84 Å². The molecule has 0 aliphatic heterocycles. The van der Waals surface area contributed by atoms with Gasteiger partial charge in [-0.25, -0.2) is 0 Å². The monoisotopic (exact) mass is 295 g/mol. The summed E-state index contributed by atoms with van der Waals surface area (Å²) in [6, 6.07) is 9.89. The zero-order valence-electron chi connectivity index (χ0n) is 11.5. The fourth-order valence-corrected chi connectivity index (χ4v) is 2.10. The van der Waals surface area contributed by atoms with Crippen LogP contribution in [0, 0.1) is 6.92 Å². The van der Waals surface area contributed by atoms with Gasteiger partial charge in [0.1, 0.15) is 0 Å². The second-order valence-electron chi connectivity index (χ2n) is 4.88. The summed E-state index contributed by atoms with van der Waals surface area (Å²) in [4.78, 5) is 3.87. The highest BCUT2D eigenvalue weighted by Gasteiger charge is 2.30. The molecule has 0 saturated carbocycles. The molecule has 112 valence electrons. The lowest BCUT2D eigenvalue weighted by Crippen LogP contribution is -2.30. The Balaban J connectivity index is 2.18. The largest absolute Gasteiger partial charge is 0.417 e. The minimum absolute atomic E-state index is 0.339. The lowest BCUT2D eigenvalue weighted by atomic mass is 10.0. The van der Waals surface area contributed by atoms with E-state index in [2.05, 4.69) is 10.4 Å². The van der Waals surface area contributed by atoms with Crippen molar-refractivity contribution in [2.24, 2.45) is 5.84 Å². The topological polar surface area (TPSA) is 50.9 Å². The van der Waals surface area contributed by atoms with Crippen LogP contribution in [-0.4, -0.2) is 4.98 Å². The van der Waals surface area contributed by atoms with Crippen LogP contribution in [0.15, 0.2) is 42.6 Å². The SMILES string of the molecule is Cc1cccc(CC(NN)c2ccc(C(F)(F)F)cn2)c1. The summed E-state index contributed by atoms with van der Waals surface area (Å²) in [6.45, 7) is 1.98. The highest BCUT2D eigenvalue weighted by Crippen LogP contribution is 2.29. The molecule has 1 heterocycles. The number of halogens is 3. The van der Waals surface area contributed by atoms with Crippen LogP contribution >= 0.6 is 0 Å². The smallest absolute Gasteiger partial charge is 0.271 e. The number of hydrazine groups is 1. The van der Waals surface area contributed by atoms with Crippen LogP contribution in [0.4, 0.5) is 13.2 Å². The molecule has 21 heavy (non-hydrogen) atoms. The van der Waals surface area contributed by atoms with Crippen molar-refractivity contribution in [2.45, 2.75) is 25.6 Å². The van der Waals surface area contributed by atoms with Gasteiger partial charge in [0.2, 0.25) is 0 Å². The number of pyridine rings is 1. The van der Waals surface area contributed by atoms with Gasteiger partial charge < -0.3 is 0 Å². The van der Waals surface area contributed by atoms with Gasteiger partial charge in [0, 0.05) is 6.20 Å². The van der Waals surface area contributed by atoms with Crippen LogP contribution in [0.2, 0.25) is 0 Å². The van der Waals surface area contributed by atoms with Gasteiger partial charge in [0.25, 0.3) is 0 Å². The maximum Gasteiger partial charge on any atom is 0.417 e. The molecule has 0 aliphatic rings. The molecule has 0 fully saturated rings. The average Bonchev–Trinajstić information content (AvgIpc) is 2.44. The number of hydrogen-bond donors (Lipinski definition) is 2. The van der Waals surface area contributed by atoms with Crippen LogP contribution in [-0.2, 0) is 12.6 Å². The van der Waals surface area contributed by atoms with Crippen molar-refractivity contribution < 1.29 is 13.2 Å². The van der Waals surface area contributed by atoms with Gasteiger partial charge in [0.05, 0.1) is 17.3 Å². The molecule has 1 unspecified atom stereocenters. The standard InChI is InChI=1S/C15H16F3N3/c1-10-3-2-4-11(7-10)8-14(21-19)13-6-5-12(9-20-13)15(16,17)18/h2-7,9,14,21H,8,19H2,1H3. The van der Waals surface area contributed by atoms with Crippen molar-refractivity contribution in [3.05, 3.63) is 65.0 Å². The molecular weight excluding hydrogens is 279 g/mol. The number of aryl methyl sites for hydroxylation is 1. The molecule has 0 bridgehead atoms. The molecule has 3 nitrogen and oxygen atoms in total. The van der Waals surface area contributed by atoms with Crippen molar-refractivity contribution in [3.8, 4) is 0 Å². The molecule has 1 atom stereocenters. The van der Waals surface area contributed by atoms with Crippen molar-refractivity contribution in [3.63, 3.8) is 0 Å². The predicted octanol–water partition coefficient (Wildman–Crippen LogP) is 3.16. The average molecular weight is 295 g/mol. The van der Waals surface area contributed by atoms with E-state index >= 15 is 0 Å². The van der Waals surface area contributed by atoms with Gasteiger partial charge in [0.15, 0.2) is 0 Å². The van der Waals surface area contributed by atoms with Gasteiger partial charge in [-0.2, -0.15) is 13.2 Å². The number of nitrogens with zero attached hydrogens (tertiary/aromatic N) is 1. The maximum atomic E-state index is 12.5. The Bertz CT molecular complexity index is 594. The fraction of sp³-hybridized carbons (Fsp3) is 0.267. The van der Waals surface area contributed by atoms with E-state index in [1.807, 2.05) is 31.2 Å². The molecule has 2 rings (SSSR count). The number of hydrogen-bond acceptors (Lipinski definition) is 3. The molecule has 6 heteroatoms. The first-order chi connectivity index (χ1) is 9.90. The molecule has 0 saturated heterocycles. The van der Waals surface area contributed by atoms with E-state index < -0.39 is 11.7 Å². The first-order valence-electron chi connectivity index (χ1n) is 6.45. The molecule has 2 aromatic rings. The Labute approximate surface area is 121 Å². The second kappa shape index (κ2) is 6.24. The molecule has 0 amide bonds. The van der Waals surface area contributed by atoms with Crippen molar-refractivity contribution in [2.75, 3.05) is 0 Å². The zero-order valence-corrected chi connectivity index (χ0v) is 11.5. The van der Waals surface area contributed by atoms with Gasteiger partial charge in [-0.05, 0) is 31.0 Å². The van der Waals surface area contributed by atoms with E-state index in [0.29, 0.717) is 12.1 Å². The quantitative estimate of drug-likeness (QED) is 0.673. The minimum Gasteiger partial charge on any atom is -0.271 e. The highest BCUT2D eigenvalue weighted by atomic mass is 19.4. The Morgan fingerprint density at radius 3 is 2.52 bits per heavy atom. The van der Waals surface area contributed by atoms with Crippen LogP contribution in [0.1, 0.15) is 28.4 Å². The van der Waals surface area contributed by atoms with Crippen molar-refractivity contribution in [1.82, 2.24) is 10.4 Å². The Hall–Kier alpha value is -1.92. The van der Waals surface area contributed by atoms with Gasteiger partial charge in [-0.15, -0.1) is 0 Å². The third-order valence-corrected chi connectivity index (χ3v) is 3.19. The van der Waals surface area contributed by atoms with Crippen LogP contribution in [0.25, 0.3) is 0 Å². The molecule has 1 aromatic heterocycles. The minimum atomic E-state index is -4.38. The number of nitrogens with two attached hydrogens (primary N) is 1. The van der Waals surface area contributed by atoms with Gasteiger partial charge >= 0.3 is 6.18 Å². The summed E-state index contributed by atoms with van der Waals surface area (Å²) in [5, 5.41) is 0. The highest BCUT2D eigenvalue weighted by molar-refractivity contribution is 5.25. The molecular formula is C15H16F3N3. The summed E-state index contributed by atoms with van der Waals surface area (Å²) >= 11 is 0. The van der Waals surface area contributed by atoms with E-state index in [0.717, 1.165) is 23.4 Å². The predicted molar refractivity (Wildman–Crippen MR) is 74.2 cm³/mol. The Morgan fingerprint density at radius 1 is 1.24 bits per heavy atom. The third kappa shape index (κ3) is 4.03. The van der Waals surface area contributed by atoms with Crippen molar-refractivity contribution in [1.29, 1.82) is 0 Å². The molecule has 0 spiro atoms. The summed E-state index contributed by atoms with van der Waals surface area (Å²) < 4.78 is 37.5. The van der Waals surface area contributed by atoms with Crippen LogP contribution in [0.3, 0.4) is 0 Å². The summed E-state index contributed by atoms with van der Waals surface area (Å²) in [5.74, 6) is 5.50.